The highest BCUT2D eigenvalue weighted by Crippen LogP contribution is 2.10. The van der Waals surface area contributed by atoms with E-state index in [-0.39, 0.29) is 17.1 Å². The highest BCUT2D eigenvalue weighted by Gasteiger charge is 2.13. The van der Waals surface area contributed by atoms with Gasteiger partial charge in [0.1, 0.15) is 17.3 Å². The van der Waals surface area contributed by atoms with Crippen molar-refractivity contribution < 1.29 is 18.5 Å². The number of amides is 2. The van der Waals surface area contributed by atoms with E-state index in [9.17, 15) is 14.0 Å². The van der Waals surface area contributed by atoms with Crippen LogP contribution in [0.15, 0.2) is 53.2 Å². The van der Waals surface area contributed by atoms with Crippen LogP contribution in [0.2, 0.25) is 0 Å². The fourth-order valence-electron chi connectivity index (χ4n) is 2.37. The molecule has 0 aliphatic carbocycles. The number of carbonyl (C=O) groups is 2. The molecule has 0 fully saturated rings. The smallest absolute Gasteiger partial charge is 0.269 e. The Balaban J connectivity index is 1.57. The molecule has 2 N–H and O–H groups in total. The lowest BCUT2D eigenvalue weighted by molar-refractivity contribution is 0.0949. The first-order valence-electron chi connectivity index (χ1n) is 8.24. The van der Waals surface area contributed by atoms with Crippen LogP contribution in [-0.2, 0) is 6.42 Å². The first kappa shape index (κ1) is 18.2. The monoisotopic (exact) mass is 368 g/mol. The first-order valence-corrected chi connectivity index (χ1v) is 8.24. The molecule has 1 aromatic carbocycles. The van der Waals surface area contributed by atoms with Crippen molar-refractivity contribution in [1.82, 2.24) is 15.5 Å². The number of nitrogens with one attached hydrogen (secondary N) is 2. The molecule has 0 bridgehead atoms. The Hall–Kier alpha value is -3.55. The first-order chi connectivity index (χ1) is 13.0. The van der Waals surface area contributed by atoms with Crippen molar-refractivity contribution in [2.75, 3.05) is 11.9 Å². The van der Waals surface area contributed by atoms with E-state index in [0.717, 1.165) is 5.56 Å². The summed E-state index contributed by atoms with van der Waals surface area (Å²) < 4.78 is 17.8. The third kappa shape index (κ3) is 4.97. The van der Waals surface area contributed by atoms with Crippen LogP contribution in [0.3, 0.4) is 0 Å². The van der Waals surface area contributed by atoms with Gasteiger partial charge in [0, 0.05) is 24.4 Å². The highest BCUT2D eigenvalue weighted by molar-refractivity contribution is 6.05. The number of benzene rings is 1. The van der Waals surface area contributed by atoms with Gasteiger partial charge < -0.3 is 15.2 Å². The molecule has 0 atom stereocenters. The molecule has 27 heavy (non-hydrogen) atoms. The van der Waals surface area contributed by atoms with Crippen molar-refractivity contribution in [2.45, 2.75) is 13.3 Å². The summed E-state index contributed by atoms with van der Waals surface area (Å²) >= 11 is 0. The van der Waals surface area contributed by atoms with Gasteiger partial charge in [-0.1, -0.05) is 17.3 Å². The second kappa shape index (κ2) is 8.22. The lowest BCUT2D eigenvalue weighted by Gasteiger charge is -2.06. The number of halogens is 1. The third-order valence-corrected chi connectivity index (χ3v) is 3.74. The molecule has 0 saturated heterocycles. The van der Waals surface area contributed by atoms with E-state index in [2.05, 4.69) is 20.8 Å². The summed E-state index contributed by atoms with van der Waals surface area (Å²) in [5, 5.41) is 9.00. The van der Waals surface area contributed by atoms with Gasteiger partial charge in [0.15, 0.2) is 5.82 Å². The summed E-state index contributed by atoms with van der Waals surface area (Å²) in [6.07, 6.45) is 1.94. The van der Waals surface area contributed by atoms with Crippen molar-refractivity contribution in [1.29, 1.82) is 0 Å². The van der Waals surface area contributed by atoms with E-state index < -0.39 is 11.8 Å². The topological polar surface area (TPSA) is 97.1 Å². The van der Waals surface area contributed by atoms with Crippen molar-refractivity contribution >= 4 is 17.6 Å². The SMILES string of the molecule is Cc1cc(NC(=O)c2ccnc(C(=O)NCCc3ccc(F)cc3)c2)no1. The molecule has 138 valence electrons. The Bertz CT molecular complexity index is 954. The molecule has 0 saturated carbocycles. The summed E-state index contributed by atoms with van der Waals surface area (Å²) in [5.41, 5.74) is 1.30. The van der Waals surface area contributed by atoms with Gasteiger partial charge >= 0.3 is 0 Å². The van der Waals surface area contributed by atoms with Crippen LogP contribution in [0.4, 0.5) is 10.2 Å². The maximum atomic E-state index is 12.9. The highest BCUT2D eigenvalue weighted by atomic mass is 19.1. The Morgan fingerprint density at radius 2 is 1.89 bits per heavy atom. The Morgan fingerprint density at radius 3 is 2.59 bits per heavy atom. The van der Waals surface area contributed by atoms with Crippen LogP contribution in [0.5, 0.6) is 0 Å². The number of carbonyl (C=O) groups excluding carboxylic acids is 2. The predicted octanol–water partition coefficient (Wildman–Crippen LogP) is 2.74. The molecule has 3 rings (SSSR count). The van der Waals surface area contributed by atoms with Gasteiger partial charge in [-0.05, 0) is 43.2 Å². The van der Waals surface area contributed by atoms with Crippen LogP contribution in [0, 0.1) is 12.7 Å². The quantitative estimate of drug-likeness (QED) is 0.697. The van der Waals surface area contributed by atoms with Crippen LogP contribution in [-0.4, -0.2) is 28.5 Å². The summed E-state index contributed by atoms with van der Waals surface area (Å²) in [6.45, 7) is 2.07. The number of aryl methyl sites for hydroxylation is 1. The minimum Gasteiger partial charge on any atom is -0.360 e. The minimum atomic E-state index is -0.425. The fraction of sp³-hybridized carbons (Fsp3) is 0.158. The van der Waals surface area contributed by atoms with Gasteiger partial charge in [0.2, 0.25) is 0 Å². The minimum absolute atomic E-state index is 0.123. The van der Waals surface area contributed by atoms with Gasteiger partial charge in [0.05, 0.1) is 0 Å². The average Bonchev–Trinajstić information content (AvgIpc) is 3.08. The number of rotatable bonds is 6. The normalized spacial score (nSPS) is 10.4. The van der Waals surface area contributed by atoms with E-state index >= 15 is 0 Å². The Morgan fingerprint density at radius 1 is 1.11 bits per heavy atom. The molecular weight excluding hydrogens is 351 g/mol. The molecule has 0 spiro atoms. The maximum Gasteiger partial charge on any atom is 0.269 e. The lowest BCUT2D eigenvalue weighted by atomic mass is 10.1. The predicted molar refractivity (Wildman–Crippen MR) is 95.9 cm³/mol. The Kier molecular flexibility index (Phi) is 5.55. The van der Waals surface area contributed by atoms with Crippen LogP contribution >= 0.6 is 0 Å². The number of pyridine rings is 1. The number of aromatic nitrogens is 2. The van der Waals surface area contributed by atoms with E-state index in [1.165, 1.54) is 30.5 Å². The summed E-state index contributed by atoms with van der Waals surface area (Å²) in [6, 6.07) is 10.6. The van der Waals surface area contributed by atoms with Gasteiger partial charge in [-0.25, -0.2) is 4.39 Å². The number of nitrogens with zero attached hydrogens (tertiary/aromatic N) is 2. The molecule has 2 amide bonds. The zero-order valence-corrected chi connectivity index (χ0v) is 14.5. The van der Waals surface area contributed by atoms with Crippen molar-refractivity contribution in [3.05, 3.63) is 77.1 Å². The molecule has 8 heteroatoms. The zero-order chi connectivity index (χ0) is 19.2. The molecular formula is C19H17FN4O3. The van der Waals surface area contributed by atoms with Crippen LogP contribution < -0.4 is 10.6 Å². The standard InChI is InChI=1S/C19H17FN4O3/c1-12-10-17(24-27-12)23-18(25)14-7-9-21-16(11-14)19(26)22-8-6-13-2-4-15(20)5-3-13/h2-5,7,9-11H,6,8H2,1H3,(H,22,26)(H,23,24,25). The Labute approximate surface area is 154 Å². The molecule has 0 unspecified atom stereocenters. The van der Waals surface area contributed by atoms with E-state index in [1.807, 2.05) is 0 Å². The van der Waals surface area contributed by atoms with Gasteiger partial charge in [0.25, 0.3) is 11.8 Å². The molecule has 2 aromatic heterocycles. The number of hydrogen-bond donors (Lipinski definition) is 2. The molecule has 3 aromatic rings. The van der Waals surface area contributed by atoms with E-state index in [0.29, 0.717) is 24.5 Å². The zero-order valence-electron chi connectivity index (χ0n) is 14.5. The second-order valence-corrected chi connectivity index (χ2v) is 5.84. The third-order valence-electron chi connectivity index (χ3n) is 3.74. The van der Waals surface area contributed by atoms with Gasteiger partial charge in [-0.15, -0.1) is 0 Å². The van der Waals surface area contributed by atoms with Gasteiger partial charge in [-0.2, -0.15) is 0 Å². The molecule has 7 nitrogen and oxygen atoms in total. The average molecular weight is 368 g/mol. The molecule has 2 heterocycles. The number of hydrogen-bond acceptors (Lipinski definition) is 5. The van der Waals surface area contributed by atoms with E-state index in [4.69, 9.17) is 4.52 Å². The second-order valence-electron chi connectivity index (χ2n) is 5.84. The number of anilines is 1. The van der Waals surface area contributed by atoms with Crippen molar-refractivity contribution in [3.63, 3.8) is 0 Å². The molecule has 0 aliphatic heterocycles. The van der Waals surface area contributed by atoms with Crippen molar-refractivity contribution in [2.24, 2.45) is 0 Å². The summed E-state index contributed by atoms with van der Waals surface area (Å²) in [4.78, 5) is 28.5. The molecule has 0 radical (unpaired) electrons. The summed E-state index contributed by atoms with van der Waals surface area (Å²) in [5.74, 6) is -0.265. The maximum absolute atomic E-state index is 12.9. The van der Waals surface area contributed by atoms with Crippen LogP contribution in [0.25, 0.3) is 0 Å². The largest absolute Gasteiger partial charge is 0.360 e. The van der Waals surface area contributed by atoms with E-state index in [1.54, 1.807) is 25.1 Å². The van der Waals surface area contributed by atoms with Crippen molar-refractivity contribution in [3.8, 4) is 0 Å². The summed E-state index contributed by atoms with van der Waals surface area (Å²) in [7, 11) is 0. The van der Waals surface area contributed by atoms with Crippen LogP contribution in [0.1, 0.15) is 32.2 Å². The van der Waals surface area contributed by atoms with Gasteiger partial charge in [-0.3, -0.25) is 14.6 Å². The lowest BCUT2D eigenvalue weighted by Crippen LogP contribution is -2.27. The fourth-order valence-corrected chi connectivity index (χ4v) is 2.37. The molecule has 0 aliphatic rings.